The van der Waals surface area contributed by atoms with Crippen molar-refractivity contribution in [3.8, 4) is 0 Å². The molecule has 0 saturated heterocycles. The van der Waals surface area contributed by atoms with E-state index in [2.05, 4.69) is 5.32 Å². The van der Waals surface area contributed by atoms with Crippen LogP contribution in [-0.2, 0) is 19.9 Å². The van der Waals surface area contributed by atoms with Gasteiger partial charge in [-0.15, -0.1) is 0 Å². The van der Waals surface area contributed by atoms with Crippen LogP contribution in [0.1, 0.15) is 16.8 Å². The maximum atomic E-state index is 12.8. The highest BCUT2D eigenvalue weighted by Gasteiger charge is 2.21. The highest BCUT2D eigenvalue weighted by molar-refractivity contribution is 7.92. The first-order valence-electron chi connectivity index (χ1n) is 9.92. The van der Waals surface area contributed by atoms with Crippen LogP contribution in [0.2, 0.25) is 0 Å². The molecule has 0 atom stereocenters. The normalized spacial score (nSPS) is 11.7. The first-order valence-corrected chi connectivity index (χ1v) is 13.0. The van der Waals surface area contributed by atoms with Gasteiger partial charge in [-0.3, -0.25) is 9.10 Å². The second kappa shape index (κ2) is 9.97. The second-order valence-electron chi connectivity index (χ2n) is 7.07. The van der Waals surface area contributed by atoms with Crippen molar-refractivity contribution in [2.75, 3.05) is 23.7 Å². The highest BCUT2D eigenvalue weighted by Crippen LogP contribution is 2.22. The zero-order chi connectivity index (χ0) is 23.2. The minimum atomic E-state index is -3.76. The van der Waals surface area contributed by atoms with Crippen LogP contribution in [-0.4, -0.2) is 42.1 Å². The number of benzene rings is 3. The van der Waals surface area contributed by atoms with E-state index in [9.17, 15) is 21.6 Å². The number of carbonyl (C=O) groups is 1. The number of anilines is 1. The van der Waals surface area contributed by atoms with Gasteiger partial charge in [-0.2, -0.15) is 0 Å². The average Bonchev–Trinajstić information content (AvgIpc) is 2.82. The van der Waals surface area contributed by atoms with Gasteiger partial charge in [0.05, 0.1) is 21.2 Å². The molecule has 0 saturated carbocycles. The Labute approximate surface area is 188 Å². The molecule has 3 aromatic carbocycles. The van der Waals surface area contributed by atoms with E-state index in [1.807, 2.05) is 0 Å². The lowest BCUT2D eigenvalue weighted by atomic mass is 10.2. The standard InChI is InChI=1S/C23H24N2O5S2/c1-25(20-9-4-2-5-10-20)32(29,30)22-15-13-19(14-16-22)23(26)24-17-8-18-31(27,28)21-11-6-3-7-12-21/h2-7,9-16H,8,17-18H2,1H3,(H,24,26). The molecule has 3 rings (SSSR count). The molecule has 0 aliphatic carbocycles. The Morgan fingerprint density at radius 1 is 0.781 bits per heavy atom. The number of nitrogens with one attached hydrogen (secondary N) is 1. The smallest absolute Gasteiger partial charge is 0.264 e. The van der Waals surface area contributed by atoms with Gasteiger partial charge in [0.2, 0.25) is 0 Å². The molecule has 0 aliphatic heterocycles. The second-order valence-corrected chi connectivity index (χ2v) is 11.2. The molecule has 0 bridgehead atoms. The maximum Gasteiger partial charge on any atom is 0.264 e. The van der Waals surface area contributed by atoms with E-state index in [0.717, 1.165) is 0 Å². The van der Waals surface area contributed by atoms with Crippen molar-refractivity contribution < 1.29 is 21.6 Å². The zero-order valence-corrected chi connectivity index (χ0v) is 19.1. The average molecular weight is 473 g/mol. The molecule has 0 spiro atoms. The summed E-state index contributed by atoms with van der Waals surface area (Å²) in [6.07, 6.45) is 0.261. The third-order valence-corrected chi connectivity index (χ3v) is 8.49. The summed E-state index contributed by atoms with van der Waals surface area (Å²) in [5, 5.41) is 2.67. The van der Waals surface area contributed by atoms with Crippen molar-refractivity contribution >= 4 is 31.5 Å². The number of carbonyl (C=O) groups excluding carboxylic acids is 1. The van der Waals surface area contributed by atoms with Crippen LogP contribution in [0.25, 0.3) is 0 Å². The number of nitrogens with zero attached hydrogens (tertiary/aromatic N) is 1. The number of para-hydroxylation sites is 1. The first-order chi connectivity index (χ1) is 15.2. The number of amides is 1. The number of hydrogen-bond acceptors (Lipinski definition) is 5. The Morgan fingerprint density at radius 3 is 1.94 bits per heavy atom. The van der Waals surface area contributed by atoms with Gasteiger partial charge < -0.3 is 5.32 Å². The van der Waals surface area contributed by atoms with E-state index < -0.39 is 25.8 Å². The Bertz CT molecular complexity index is 1260. The monoisotopic (exact) mass is 472 g/mol. The Morgan fingerprint density at radius 2 is 1.34 bits per heavy atom. The number of sulfonamides is 1. The van der Waals surface area contributed by atoms with Crippen LogP contribution in [0.4, 0.5) is 5.69 Å². The van der Waals surface area contributed by atoms with E-state index in [-0.39, 0.29) is 34.1 Å². The van der Waals surface area contributed by atoms with Crippen molar-refractivity contribution in [3.05, 3.63) is 90.5 Å². The van der Waals surface area contributed by atoms with Crippen LogP contribution in [0.15, 0.2) is 94.7 Å². The Hall–Kier alpha value is -3.17. The molecule has 0 aliphatic rings. The lowest BCUT2D eigenvalue weighted by molar-refractivity contribution is 0.0953. The van der Waals surface area contributed by atoms with Crippen LogP contribution in [0.3, 0.4) is 0 Å². The quantitative estimate of drug-likeness (QED) is 0.482. The summed E-state index contributed by atoms with van der Waals surface area (Å²) in [6, 6.07) is 22.5. The molecule has 7 nitrogen and oxygen atoms in total. The van der Waals surface area contributed by atoms with Gasteiger partial charge >= 0.3 is 0 Å². The summed E-state index contributed by atoms with van der Waals surface area (Å²) in [4.78, 5) is 12.7. The van der Waals surface area contributed by atoms with Crippen LogP contribution in [0, 0.1) is 0 Å². The topological polar surface area (TPSA) is 101 Å². The van der Waals surface area contributed by atoms with Crippen molar-refractivity contribution in [2.45, 2.75) is 16.2 Å². The molecule has 32 heavy (non-hydrogen) atoms. The maximum absolute atomic E-state index is 12.8. The predicted molar refractivity (Wildman–Crippen MR) is 124 cm³/mol. The van der Waals surface area contributed by atoms with Gasteiger partial charge in [-0.05, 0) is 55.0 Å². The van der Waals surface area contributed by atoms with Crippen molar-refractivity contribution in [1.82, 2.24) is 5.32 Å². The van der Waals surface area contributed by atoms with E-state index >= 15 is 0 Å². The Balaban J connectivity index is 1.57. The van der Waals surface area contributed by atoms with E-state index in [1.165, 1.54) is 35.6 Å². The summed E-state index contributed by atoms with van der Waals surface area (Å²) < 4.78 is 51.3. The Kier molecular flexibility index (Phi) is 7.32. The molecule has 1 amide bonds. The molecule has 0 aromatic heterocycles. The summed E-state index contributed by atoms with van der Waals surface area (Å²) in [5.74, 6) is -0.484. The first kappa shape index (κ1) is 23.5. The molecule has 0 fully saturated rings. The summed E-state index contributed by atoms with van der Waals surface area (Å²) >= 11 is 0. The molecule has 0 heterocycles. The van der Waals surface area contributed by atoms with Crippen LogP contribution < -0.4 is 9.62 Å². The van der Waals surface area contributed by atoms with Gasteiger partial charge in [0.25, 0.3) is 15.9 Å². The molecule has 9 heteroatoms. The minimum absolute atomic E-state index is 0.0642. The van der Waals surface area contributed by atoms with Crippen molar-refractivity contribution in [2.24, 2.45) is 0 Å². The fourth-order valence-corrected chi connectivity index (χ4v) is 5.55. The van der Waals surface area contributed by atoms with Gasteiger partial charge in [0.1, 0.15) is 0 Å². The molecule has 0 unspecified atom stereocenters. The SMILES string of the molecule is CN(c1ccccc1)S(=O)(=O)c1ccc(C(=O)NCCCS(=O)(=O)c2ccccc2)cc1. The summed E-state index contributed by atoms with van der Waals surface area (Å²) in [5.41, 5.74) is 0.817. The van der Waals surface area contributed by atoms with Crippen LogP contribution >= 0.6 is 0 Å². The van der Waals surface area contributed by atoms with E-state index in [1.54, 1.807) is 60.7 Å². The minimum Gasteiger partial charge on any atom is -0.352 e. The molecule has 168 valence electrons. The van der Waals surface area contributed by atoms with Crippen molar-refractivity contribution in [3.63, 3.8) is 0 Å². The fraction of sp³-hybridized carbons (Fsp3) is 0.174. The van der Waals surface area contributed by atoms with Gasteiger partial charge in [-0.1, -0.05) is 36.4 Å². The highest BCUT2D eigenvalue weighted by atomic mass is 32.2. The third-order valence-electron chi connectivity index (χ3n) is 4.87. The van der Waals surface area contributed by atoms with E-state index in [0.29, 0.717) is 5.69 Å². The molecule has 3 aromatic rings. The largest absolute Gasteiger partial charge is 0.352 e. The molecular weight excluding hydrogens is 448 g/mol. The lowest BCUT2D eigenvalue weighted by Crippen LogP contribution is -2.27. The number of sulfone groups is 1. The number of rotatable bonds is 9. The number of hydrogen-bond donors (Lipinski definition) is 1. The molecular formula is C23H24N2O5S2. The van der Waals surface area contributed by atoms with Crippen LogP contribution in [0.5, 0.6) is 0 Å². The molecule has 0 radical (unpaired) electrons. The van der Waals surface area contributed by atoms with Gasteiger partial charge in [0, 0.05) is 19.2 Å². The fourth-order valence-electron chi connectivity index (χ4n) is 3.02. The zero-order valence-electron chi connectivity index (χ0n) is 17.5. The lowest BCUT2D eigenvalue weighted by Gasteiger charge is -2.19. The van der Waals surface area contributed by atoms with Gasteiger partial charge in [0.15, 0.2) is 9.84 Å². The summed E-state index contributed by atoms with van der Waals surface area (Å²) in [6.45, 7) is 0.182. The predicted octanol–water partition coefficient (Wildman–Crippen LogP) is 3.11. The summed E-state index contributed by atoms with van der Waals surface area (Å²) in [7, 11) is -5.69. The van der Waals surface area contributed by atoms with Gasteiger partial charge in [-0.25, -0.2) is 16.8 Å². The third kappa shape index (κ3) is 5.54. The molecule has 1 N–H and O–H groups in total. The van der Waals surface area contributed by atoms with E-state index in [4.69, 9.17) is 0 Å². The van der Waals surface area contributed by atoms with Crippen molar-refractivity contribution in [1.29, 1.82) is 0 Å².